The Kier molecular flexibility index (Phi) is 8.96. The molecule has 35 heavy (non-hydrogen) atoms. The summed E-state index contributed by atoms with van der Waals surface area (Å²) in [6.07, 6.45) is -1.63. The van der Waals surface area contributed by atoms with Crippen LogP contribution in [0.2, 0.25) is 0 Å². The number of alkyl halides is 9. The molecule has 16 heteroatoms. The normalized spacial score (nSPS) is 13.3. The van der Waals surface area contributed by atoms with Gasteiger partial charge in [0, 0.05) is 27.7 Å². The molecule has 0 unspecified atom stereocenters. The van der Waals surface area contributed by atoms with Gasteiger partial charge < -0.3 is 9.29 Å². The van der Waals surface area contributed by atoms with Crippen molar-refractivity contribution >= 4 is 37.8 Å². The van der Waals surface area contributed by atoms with E-state index in [0.29, 0.717) is 5.75 Å². The van der Waals surface area contributed by atoms with Gasteiger partial charge in [0.05, 0.1) is 0 Å². The molecule has 0 spiro atoms. The van der Waals surface area contributed by atoms with E-state index in [1.807, 2.05) is 30.3 Å². The van der Waals surface area contributed by atoms with Crippen LogP contribution in [-0.4, -0.2) is 54.7 Å². The number of carbonyl (C=O) groups excluding carboxylic acids is 1. The molecule has 2 aromatic rings. The standard InChI is InChI=1S/C15H15O2S.C4HF9O3S/c1-4-15(16)17-13-9-10-14(18(2)3)12-8-6-5-7-11(12)13;5-1(6,3(9,10)11)2(7,8)4(12,13)17(14,15)16/h4-10H,1H2,2-3H3;(H,14,15,16)/q+1;/p-1. The lowest BCUT2D eigenvalue weighted by Crippen LogP contribution is -2.63. The lowest BCUT2D eigenvalue weighted by atomic mass is 10.1. The Morgan fingerprint density at radius 2 is 1.40 bits per heavy atom. The number of hydrogen-bond donors (Lipinski definition) is 0. The Balaban J connectivity index is 0.000000351. The molecule has 2 aromatic carbocycles. The summed E-state index contributed by atoms with van der Waals surface area (Å²) in [5, 5.41) is -5.01. The summed E-state index contributed by atoms with van der Waals surface area (Å²) in [7, 11) is -7.25. The van der Waals surface area contributed by atoms with Crippen LogP contribution < -0.4 is 4.74 Å². The highest BCUT2D eigenvalue weighted by Gasteiger charge is 2.83. The van der Waals surface area contributed by atoms with Gasteiger partial charge in [0.15, 0.2) is 15.0 Å². The van der Waals surface area contributed by atoms with Crippen molar-refractivity contribution in [3.05, 3.63) is 49.1 Å². The molecule has 2 rings (SSSR count). The Morgan fingerprint density at radius 1 is 0.914 bits per heavy atom. The molecule has 5 nitrogen and oxygen atoms in total. The summed E-state index contributed by atoms with van der Waals surface area (Å²) < 4.78 is 141. The summed E-state index contributed by atoms with van der Waals surface area (Å²) in [6.45, 7) is 3.41. The molecule has 0 N–H and O–H groups in total. The number of benzene rings is 2. The first-order valence-electron chi connectivity index (χ1n) is 8.72. The second kappa shape index (κ2) is 10.3. The highest BCUT2D eigenvalue weighted by Crippen LogP contribution is 2.54. The van der Waals surface area contributed by atoms with Crippen LogP contribution in [0.5, 0.6) is 5.75 Å². The summed E-state index contributed by atoms with van der Waals surface area (Å²) in [5.74, 6) is -14.7. The number of ether oxygens (including phenoxy) is 1. The number of esters is 1. The van der Waals surface area contributed by atoms with Crippen molar-refractivity contribution in [3.8, 4) is 5.75 Å². The van der Waals surface area contributed by atoms with E-state index < -0.39 is 39.4 Å². The minimum atomic E-state index is -7.43. The second-order valence-corrected chi connectivity index (χ2v) is 10.2. The molecule has 0 fully saturated rings. The van der Waals surface area contributed by atoms with E-state index in [1.54, 1.807) is 0 Å². The second-order valence-electron chi connectivity index (χ2n) is 6.67. The molecule has 0 aliphatic rings. The molecule has 0 bridgehead atoms. The first-order valence-corrected chi connectivity index (χ1v) is 12.2. The van der Waals surface area contributed by atoms with Crippen LogP contribution in [0.3, 0.4) is 0 Å². The number of fused-ring (bicyclic) bond motifs is 1. The van der Waals surface area contributed by atoms with E-state index in [2.05, 4.69) is 25.2 Å². The lowest BCUT2D eigenvalue weighted by molar-refractivity contribution is -0.382. The number of hydrogen-bond acceptors (Lipinski definition) is 5. The summed E-state index contributed by atoms with van der Waals surface area (Å²) in [4.78, 5) is 12.6. The summed E-state index contributed by atoms with van der Waals surface area (Å²) >= 11 is 0. The monoisotopic (exact) mass is 558 g/mol. The van der Waals surface area contributed by atoms with Gasteiger partial charge in [0.1, 0.15) is 18.3 Å². The fraction of sp³-hybridized carbons (Fsp3) is 0.316. The SMILES string of the molecule is C=CC(=O)Oc1ccc([S+](C)C)c2ccccc12.O=S(=O)([O-])C(F)(F)C(F)(F)C(F)(F)C(F)(F)F. The van der Waals surface area contributed by atoms with E-state index in [0.717, 1.165) is 10.8 Å². The Hall–Kier alpha value is -2.46. The number of carbonyl (C=O) groups is 1. The molecule has 196 valence electrons. The van der Waals surface area contributed by atoms with Gasteiger partial charge in [0.25, 0.3) is 0 Å². The maximum atomic E-state index is 12.2. The van der Waals surface area contributed by atoms with E-state index in [9.17, 15) is 57.3 Å². The van der Waals surface area contributed by atoms with Crippen molar-refractivity contribution < 1.29 is 62.0 Å². The molecule has 0 amide bonds. The molecule has 0 aromatic heterocycles. The Labute approximate surface area is 195 Å². The van der Waals surface area contributed by atoms with Crippen molar-refractivity contribution in [1.29, 1.82) is 0 Å². The largest absolute Gasteiger partial charge is 0.743 e. The fourth-order valence-corrected chi connectivity index (χ4v) is 3.76. The molecule has 0 heterocycles. The van der Waals surface area contributed by atoms with E-state index >= 15 is 0 Å². The molecule has 0 aliphatic carbocycles. The van der Waals surface area contributed by atoms with Gasteiger partial charge in [-0.15, -0.1) is 0 Å². The van der Waals surface area contributed by atoms with Crippen LogP contribution in [0.4, 0.5) is 39.5 Å². The highest BCUT2D eigenvalue weighted by atomic mass is 32.2. The van der Waals surface area contributed by atoms with Crippen molar-refractivity contribution in [1.82, 2.24) is 0 Å². The number of rotatable bonds is 6. The van der Waals surface area contributed by atoms with Crippen molar-refractivity contribution in [2.75, 3.05) is 12.5 Å². The van der Waals surface area contributed by atoms with Gasteiger partial charge in [-0.1, -0.05) is 24.8 Å². The Bertz CT molecular complexity index is 1190. The van der Waals surface area contributed by atoms with Crippen LogP contribution in [0.15, 0.2) is 53.9 Å². The zero-order chi connectivity index (χ0) is 27.6. The van der Waals surface area contributed by atoms with E-state index in [-0.39, 0.29) is 10.9 Å². The van der Waals surface area contributed by atoms with E-state index in [1.165, 1.54) is 11.0 Å². The summed E-state index contributed by atoms with van der Waals surface area (Å²) in [5.41, 5.74) is 0. The van der Waals surface area contributed by atoms with Gasteiger partial charge in [0.2, 0.25) is 0 Å². The third-order valence-corrected chi connectivity index (χ3v) is 6.21. The maximum absolute atomic E-state index is 12.2. The van der Waals surface area contributed by atoms with Crippen LogP contribution >= 0.6 is 0 Å². The molecule has 0 atom stereocenters. The van der Waals surface area contributed by atoms with Crippen molar-refractivity contribution in [2.45, 2.75) is 28.2 Å². The van der Waals surface area contributed by atoms with E-state index in [4.69, 9.17) is 4.74 Å². The Morgan fingerprint density at radius 3 is 1.80 bits per heavy atom. The van der Waals surface area contributed by atoms with Crippen molar-refractivity contribution in [3.63, 3.8) is 0 Å². The summed E-state index contributed by atoms with van der Waals surface area (Å²) in [6, 6.07) is 11.8. The van der Waals surface area contributed by atoms with Crippen LogP contribution in [-0.2, 0) is 25.8 Å². The van der Waals surface area contributed by atoms with Crippen LogP contribution in [0.25, 0.3) is 10.8 Å². The molecular formula is C19H15F9O5S2. The number of halogens is 9. The van der Waals surface area contributed by atoms with Crippen LogP contribution in [0.1, 0.15) is 0 Å². The average Bonchev–Trinajstić information content (AvgIpc) is 2.72. The minimum Gasteiger partial charge on any atom is -0.743 e. The smallest absolute Gasteiger partial charge is 0.460 e. The zero-order valence-electron chi connectivity index (χ0n) is 17.5. The third kappa shape index (κ3) is 6.03. The molecular weight excluding hydrogens is 543 g/mol. The molecule has 0 saturated heterocycles. The predicted molar refractivity (Wildman–Crippen MR) is 108 cm³/mol. The first-order chi connectivity index (χ1) is 15.6. The third-order valence-electron chi connectivity index (χ3n) is 4.09. The van der Waals surface area contributed by atoms with Crippen LogP contribution in [0, 0.1) is 0 Å². The van der Waals surface area contributed by atoms with Crippen molar-refractivity contribution in [2.24, 2.45) is 0 Å². The van der Waals surface area contributed by atoms with Gasteiger partial charge in [-0.3, -0.25) is 0 Å². The zero-order valence-corrected chi connectivity index (χ0v) is 19.1. The van der Waals surface area contributed by atoms with Gasteiger partial charge in [-0.25, -0.2) is 13.2 Å². The highest BCUT2D eigenvalue weighted by molar-refractivity contribution is 7.95. The first kappa shape index (κ1) is 30.6. The minimum absolute atomic E-state index is 0.163. The molecule has 0 saturated carbocycles. The lowest BCUT2D eigenvalue weighted by Gasteiger charge is -2.34. The molecule has 0 aliphatic heterocycles. The fourth-order valence-electron chi connectivity index (χ4n) is 2.36. The quantitative estimate of drug-likeness (QED) is 0.123. The predicted octanol–water partition coefficient (Wildman–Crippen LogP) is 5.13. The topological polar surface area (TPSA) is 83.5 Å². The van der Waals surface area contributed by atoms with Gasteiger partial charge in [-0.2, -0.15) is 39.5 Å². The van der Waals surface area contributed by atoms with Gasteiger partial charge in [-0.05, 0) is 18.2 Å². The molecule has 0 radical (unpaired) electrons. The average molecular weight is 558 g/mol. The van der Waals surface area contributed by atoms with Gasteiger partial charge >= 0.3 is 29.2 Å². The maximum Gasteiger partial charge on any atom is 0.460 e.